The van der Waals surface area contributed by atoms with Gasteiger partial charge in [0.1, 0.15) is 0 Å². The highest BCUT2D eigenvalue weighted by molar-refractivity contribution is 6.31. The number of rotatable bonds is 5. The first kappa shape index (κ1) is 17.3. The molecular weight excluding hydrogens is 300 g/mol. The summed E-state index contributed by atoms with van der Waals surface area (Å²) in [5.74, 6) is -0.119. The first-order valence-corrected chi connectivity index (χ1v) is 8.60. The van der Waals surface area contributed by atoms with Crippen LogP contribution in [0.25, 0.3) is 0 Å². The molecule has 4 heteroatoms. The molecule has 1 aromatic rings. The maximum absolute atomic E-state index is 12.1. The van der Waals surface area contributed by atoms with Crippen molar-refractivity contribution in [2.75, 3.05) is 6.61 Å². The maximum Gasteiger partial charge on any atom is 0.342 e. The standard InChI is InChI=1S/C18H25ClO3/c1-3-18(21,17(20)22-4-2)14-10-11-15(16(19)12-14)13-8-6-5-7-9-13/h10-13,21H,3-9H2,1-2H3. The normalized spacial score (nSPS) is 18.7. The van der Waals surface area contributed by atoms with Crippen LogP contribution in [-0.2, 0) is 15.1 Å². The van der Waals surface area contributed by atoms with Crippen LogP contribution >= 0.6 is 11.6 Å². The Labute approximate surface area is 137 Å². The second-order valence-electron chi connectivity index (χ2n) is 6.01. The van der Waals surface area contributed by atoms with Crippen LogP contribution in [-0.4, -0.2) is 17.7 Å². The summed E-state index contributed by atoms with van der Waals surface area (Å²) in [7, 11) is 0. The van der Waals surface area contributed by atoms with Gasteiger partial charge in [-0.2, -0.15) is 0 Å². The SMILES string of the molecule is CCOC(=O)C(O)(CC)c1ccc(C2CCCCC2)c(Cl)c1. The van der Waals surface area contributed by atoms with E-state index in [1.54, 1.807) is 19.9 Å². The number of ether oxygens (including phenoxy) is 1. The van der Waals surface area contributed by atoms with Gasteiger partial charge in [-0.3, -0.25) is 0 Å². The molecule has 2 rings (SSSR count). The largest absolute Gasteiger partial charge is 0.464 e. The number of aliphatic hydroxyl groups is 1. The molecule has 1 saturated carbocycles. The molecule has 0 spiro atoms. The molecule has 0 saturated heterocycles. The van der Waals surface area contributed by atoms with E-state index in [0.29, 0.717) is 16.5 Å². The molecule has 1 aliphatic rings. The molecule has 1 aromatic carbocycles. The van der Waals surface area contributed by atoms with Crippen molar-refractivity contribution in [1.29, 1.82) is 0 Å². The van der Waals surface area contributed by atoms with Gasteiger partial charge in [0.15, 0.2) is 5.60 Å². The van der Waals surface area contributed by atoms with Crippen molar-refractivity contribution in [3.05, 3.63) is 34.3 Å². The maximum atomic E-state index is 12.1. The Morgan fingerprint density at radius 2 is 2.00 bits per heavy atom. The molecule has 122 valence electrons. The van der Waals surface area contributed by atoms with Crippen molar-refractivity contribution < 1.29 is 14.6 Å². The molecule has 1 N–H and O–H groups in total. The van der Waals surface area contributed by atoms with Gasteiger partial charge in [-0.25, -0.2) is 4.79 Å². The van der Waals surface area contributed by atoms with Crippen LogP contribution in [0.4, 0.5) is 0 Å². The number of benzene rings is 1. The van der Waals surface area contributed by atoms with Gasteiger partial charge in [-0.1, -0.05) is 49.9 Å². The molecule has 1 atom stereocenters. The summed E-state index contributed by atoms with van der Waals surface area (Å²) < 4.78 is 5.01. The summed E-state index contributed by atoms with van der Waals surface area (Å²) in [5.41, 5.74) is 0.0236. The second kappa shape index (κ2) is 7.47. The summed E-state index contributed by atoms with van der Waals surface area (Å²) in [6.45, 7) is 3.74. The second-order valence-corrected chi connectivity index (χ2v) is 6.41. The van der Waals surface area contributed by atoms with E-state index < -0.39 is 11.6 Å². The Bertz CT molecular complexity index is 523. The summed E-state index contributed by atoms with van der Waals surface area (Å²) >= 11 is 6.44. The molecule has 0 heterocycles. The third-order valence-corrected chi connectivity index (χ3v) is 4.98. The van der Waals surface area contributed by atoms with Crippen LogP contribution in [0, 0.1) is 0 Å². The average molecular weight is 325 g/mol. The predicted octanol–water partition coefficient (Wildman–Crippen LogP) is 4.55. The van der Waals surface area contributed by atoms with Crippen LogP contribution < -0.4 is 0 Å². The highest BCUT2D eigenvalue weighted by Gasteiger charge is 2.38. The summed E-state index contributed by atoms with van der Waals surface area (Å²) in [5, 5.41) is 11.3. The van der Waals surface area contributed by atoms with Gasteiger partial charge < -0.3 is 9.84 Å². The lowest BCUT2D eigenvalue weighted by Crippen LogP contribution is -2.36. The van der Waals surface area contributed by atoms with E-state index in [2.05, 4.69) is 0 Å². The molecule has 0 aromatic heterocycles. The highest BCUT2D eigenvalue weighted by atomic mass is 35.5. The van der Waals surface area contributed by atoms with Gasteiger partial charge in [0, 0.05) is 5.02 Å². The minimum Gasteiger partial charge on any atom is -0.464 e. The molecular formula is C18H25ClO3. The summed E-state index contributed by atoms with van der Waals surface area (Å²) in [6.07, 6.45) is 6.36. The number of carbonyl (C=O) groups is 1. The van der Waals surface area contributed by atoms with Gasteiger partial charge in [0.2, 0.25) is 0 Å². The van der Waals surface area contributed by atoms with Crippen molar-refractivity contribution in [2.45, 2.75) is 63.9 Å². The van der Waals surface area contributed by atoms with Crippen molar-refractivity contribution in [2.24, 2.45) is 0 Å². The van der Waals surface area contributed by atoms with Crippen molar-refractivity contribution in [3.8, 4) is 0 Å². The number of hydrogen-bond acceptors (Lipinski definition) is 3. The lowest BCUT2D eigenvalue weighted by Gasteiger charge is -2.27. The van der Waals surface area contributed by atoms with Crippen LogP contribution in [0.3, 0.4) is 0 Å². The van der Waals surface area contributed by atoms with Gasteiger partial charge in [-0.15, -0.1) is 0 Å². The number of halogens is 1. The number of hydrogen-bond donors (Lipinski definition) is 1. The van der Waals surface area contributed by atoms with E-state index in [1.807, 2.05) is 12.1 Å². The van der Waals surface area contributed by atoms with E-state index in [4.69, 9.17) is 16.3 Å². The predicted molar refractivity (Wildman–Crippen MR) is 88.1 cm³/mol. The monoisotopic (exact) mass is 324 g/mol. The van der Waals surface area contributed by atoms with E-state index in [0.717, 1.165) is 18.4 Å². The molecule has 1 fully saturated rings. The zero-order valence-corrected chi connectivity index (χ0v) is 14.2. The summed E-state index contributed by atoms with van der Waals surface area (Å²) in [4.78, 5) is 12.1. The van der Waals surface area contributed by atoms with Crippen molar-refractivity contribution in [3.63, 3.8) is 0 Å². The molecule has 1 unspecified atom stereocenters. The third-order valence-electron chi connectivity index (χ3n) is 4.65. The van der Waals surface area contributed by atoms with Gasteiger partial charge >= 0.3 is 5.97 Å². The van der Waals surface area contributed by atoms with E-state index >= 15 is 0 Å². The topological polar surface area (TPSA) is 46.5 Å². The fourth-order valence-electron chi connectivity index (χ4n) is 3.25. The van der Waals surface area contributed by atoms with Crippen LogP contribution in [0.2, 0.25) is 5.02 Å². The van der Waals surface area contributed by atoms with Crippen LogP contribution in [0.1, 0.15) is 69.4 Å². The Kier molecular flexibility index (Phi) is 5.87. The number of carbonyl (C=O) groups excluding carboxylic acids is 1. The minimum atomic E-state index is -1.62. The van der Waals surface area contributed by atoms with Gasteiger partial charge in [-0.05, 0) is 49.3 Å². The van der Waals surface area contributed by atoms with Crippen LogP contribution in [0.15, 0.2) is 18.2 Å². The molecule has 0 radical (unpaired) electrons. The lowest BCUT2D eigenvalue weighted by atomic mass is 9.82. The zero-order chi connectivity index (χ0) is 16.2. The first-order valence-electron chi connectivity index (χ1n) is 8.22. The molecule has 0 amide bonds. The highest BCUT2D eigenvalue weighted by Crippen LogP contribution is 2.38. The molecule has 0 aliphatic heterocycles. The Hall–Kier alpha value is -1.06. The average Bonchev–Trinajstić information content (AvgIpc) is 2.55. The van der Waals surface area contributed by atoms with Gasteiger partial charge in [0.25, 0.3) is 0 Å². The Balaban J connectivity index is 2.28. The molecule has 1 aliphatic carbocycles. The van der Waals surface area contributed by atoms with E-state index in [-0.39, 0.29) is 13.0 Å². The Morgan fingerprint density at radius 3 is 2.55 bits per heavy atom. The van der Waals surface area contributed by atoms with Crippen molar-refractivity contribution in [1.82, 2.24) is 0 Å². The van der Waals surface area contributed by atoms with E-state index in [1.165, 1.54) is 19.3 Å². The number of esters is 1. The van der Waals surface area contributed by atoms with Crippen molar-refractivity contribution >= 4 is 17.6 Å². The van der Waals surface area contributed by atoms with Crippen LogP contribution in [0.5, 0.6) is 0 Å². The third kappa shape index (κ3) is 3.47. The lowest BCUT2D eigenvalue weighted by molar-refractivity contribution is -0.166. The first-order chi connectivity index (χ1) is 10.5. The minimum absolute atomic E-state index is 0.245. The summed E-state index contributed by atoms with van der Waals surface area (Å²) in [6, 6.07) is 5.51. The Morgan fingerprint density at radius 1 is 1.32 bits per heavy atom. The molecule has 22 heavy (non-hydrogen) atoms. The zero-order valence-electron chi connectivity index (χ0n) is 13.4. The van der Waals surface area contributed by atoms with Gasteiger partial charge in [0.05, 0.1) is 6.61 Å². The smallest absolute Gasteiger partial charge is 0.342 e. The molecule has 0 bridgehead atoms. The fraction of sp³-hybridized carbons (Fsp3) is 0.611. The fourth-order valence-corrected chi connectivity index (χ4v) is 3.58. The molecule has 3 nitrogen and oxygen atoms in total. The quantitative estimate of drug-likeness (QED) is 0.808. The van der Waals surface area contributed by atoms with E-state index in [9.17, 15) is 9.90 Å².